The van der Waals surface area contributed by atoms with E-state index >= 15 is 0 Å². The summed E-state index contributed by atoms with van der Waals surface area (Å²) in [6.07, 6.45) is 4.45. The topological polar surface area (TPSA) is 62.2 Å². The van der Waals surface area contributed by atoms with Crippen molar-refractivity contribution in [3.05, 3.63) is 83.3 Å². The molecular weight excluding hydrogens is 358 g/mol. The molecule has 2 aromatic heterocycles. The summed E-state index contributed by atoms with van der Waals surface area (Å²) in [5.41, 5.74) is 4.37. The summed E-state index contributed by atoms with van der Waals surface area (Å²) in [6.45, 7) is 1.44. The van der Waals surface area contributed by atoms with Crippen LogP contribution in [0.4, 0.5) is 0 Å². The summed E-state index contributed by atoms with van der Waals surface area (Å²) in [7, 11) is 1.77. The molecule has 2 heterocycles. The first-order chi connectivity index (χ1) is 13.2. The molecule has 2 N–H and O–H groups in total. The fourth-order valence-electron chi connectivity index (χ4n) is 2.66. The van der Waals surface area contributed by atoms with Crippen LogP contribution in [0.2, 0.25) is 5.15 Å². The average Bonchev–Trinajstić information content (AvgIpc) is 2.73. The molecule has 0 saturated heterocycles. The maximum atomic E-state index is 5.81. The molecule has 3 rings (SSSR count). The number of benzene rings is 1. The van der Waals surface area contributed by atoms with Gasteiger partial charge in [0, 0.05) is 38.1 Å². The largest absolute Gasteiger partial charge is 0.356 e. The van der Waals surface area contributed by atoms with E-state index in [1.807, 2.05) is 36.5 Å². The van der Waals surface area contributed by atoms with Crippen molar-refractivity contribution in [2.75, 3.05) is 13.6 Å². The maximum absolute atomic E-state index is 5.81. The van der Waals surface area contributed by atoms with E-state index in [1.165, 1.54) is 5.56 Å². The van der Waals surface area contributed by atoms with Gasteiger partial charge in [-0.05, 0) is 41.8 Å². The highest BCUT2D eigenvalue weighted by Gasteiger charge is 2.02. The molecule has 0 fully saturated rings. The molecule has 138 valence electrons. The quantitative estimate of drug-likeness (QED) is 0.389. The Balaban J connectivity index is 1.51. The Hall–Kier alpha value is -2.92. The lowest BCUT2D eigenvalue weighted by atomic mass is 10.1. The highest BCUT2D eigenvalue weighted by atomic mass is 35.5. The van der Waals surface area contributed by atoms with Gasteiger partial charge in [-0.2, -0.15) is 0 Å². The molecule has 0 spiro atoms. The number of aromatic nitrogens is 2. The Morgan fingerprint density at radius 2 is 1.93 bits per heavy atom. The van der Waals surface area contributed by atoms with Gasteiger partial charge in [0.2, 0.25) is 0 Å². The van der Waals surface area contributed by atoms with Crippen LogP contribution in [0.1, 0.15) is 11.1 Å². The minimum Gasteiger partial charge on any atom is -0.356 e. The van der Waals surface area contributed by atoms with Crippen molar-refractivity contribution in [1.82, 2.24) is 20.6 Å². The lowest BCUT2D eigenvalue weighted by Crippen LogP contribution is -2.37. The molecule has 0 aliphatic heterocycles. The van der Waals surface area contributed by atoms with E-state index in [1.54, 1.807) is 19.3 Å². The summed E-state index contributed by atoms with van der Waals surface area (Å²) in [5, 5.41) is 7.17. The fraction of sp³-hybridized carbons (Fsp3) is 0.190. The third-order valence-electron chi connectivity index (χ3n) is 4.07. The number of hydrogen-bond acceptors (Lipinski definition) is 3. The van der Waals surface area contributed by atoms with Crippen molar-refractivity contribution in [3.8, 4) is 11.3 Å². The van der Waals surface area contributed by atoms with Crippen LogP contribution in [-0.2, 0) is 13.0 Å². The van der Waals surface area contributed by atoms with Crippen LogP contribution in [-0.4, -0.2) is 29.5 Å². The molecule has 5 nitrogen and oxygen atoms in total. The summed E-state index contributed by atoms with van der Waals surface area (Å²) in [6, 6.07) is 18.1. The normalized spacial score (nSPS) is 11.3. The molecular formula is C21H22ClN5. The predicted molar refractivity (Wildman–Crippen MR) is 111 cm³/mol. The Morgan fingerprint density at radius 1 is 1.00 bits per heavy atom. The minimum absolute atomic E-state index is 0.511. The molecule has 0 aliphatic rings. The molecule has 27 heavy (non-hydrogen) atoms. The molecule has 1 aromatic carbocycles. The fourth-order valence-corrected chi connectivity index (χ4v) is 2.77. The van der Waals surface area contributed by atoms with Gasteiger partial charge in [0.25, 0.3) is 0 Å². The van der Waals surface area contributed by atoms with Crippen LogP contribution in [0, 0.1) is 0 Å². The van der Waals surface area contributed by atoms with Gasteiger partial charge in [-0.15, -0.1) is 0 Å². The van der Waals surface area contributed by atoms with Gasteiger partial charge < -0.3 is 10.6 Å². The Morgan fingerprint density at radius 3 is 2.67 bits per heavy atom. The lowest BCUT2D eigenvalue weighted by molar-refractivity contribution is 0.793. The first-order valence-corrected chi connectivity index (χ1v) is 9.17. The van der Waals surface area contributed by atoms with Crippen LogP contribution in [0.3, 0.4) is 0 Å². The Bertz CT molecular complexity index is 879. The average molecular weight is 380 g/mol. The number of hydrogen-bond donors (Lipinski definition) is 2. The number of nitrogens with one attached hydrogen (secondary N) is 2. The second-order valence-corrected chi connectivity index (χ2v) is 6.39. The van der Waals surface area contributed by atoms with Crippen LogP contribution < -0.4 is 10.6 Å². The van der Waals surface area contributed by atoms with Crippen LogP contribution >= 0.6 is 11.6 Å². The number of aliphatic imine (C=N–C) groups is 1. The van der Waals surface area contributed by atoms with Gasteiger partial charge in [0.15, 0.2) is 5.96 Å². The van der Waals surface area contributed by atoms with E-state index in [0.29, 0.717) is 11.7 Å². The molecule has 0 saturated carbocycles. The summed E-state index contributed by atoms with van der Waals surface area (Å²) in [5.74, 6) is 0.764. The van der Waals surface area contributed by atoms with E-state index in [4.69, 9.17) is 11.6 Å². The van der Waals surface area contributed by atoms with Crippen molar-refractivity contribution in [2.45, 2.75) is 13.0 Å². The molecule has 0 radical (unpaired) electrons. The smallest absolute Gasteiger partial charge is 0.191 e. The second-order valence-electron chi connectivity index (χ2n) is 6.01. The number of pyridine rings is 2. The van der Waals surface area contributed by atoms with E-state index in [0.717, 1.165) is 35.7 Å². The first-order valence-electron chi connectivity index (χ1n) is 8.80. The predicted octanol–water partition coefficient (Wildman–Crippen LogP) is 3.70. The zero-order valence-corrected chi connectivity index (χ0v) is 15.9. The maximum Gasteiger partial charge on any atom is 0.191 e. The van der Waals surface area contributed by atoms with Crippen molar-refractivity contribution < 1.29 is 0 Å². The van der Waals surface area contributed by atoms with Crippen LogP contribution in [0.25, 0.3) is 11.3 Å². The van der Waals surface area contributed by atoms with Crippen molar-refractivity contribution >= 4 is 17.6 Å². The van der Waals surface area contributed by atoms with E-state index < -0.39 is 0 Å². The van der Waals surface area contributed by atoms with Crippen LogP contribution in [0.15, 0.2) is 72.0 Å². The number of guanidine groups is 1. The van der Waals surface area contributed by atoms with Gasteiger partial charge in [-0.1, -0.05) is 41.9 Å². The number of rotatable bonds is 6. The monoisotopic (exact) mass is 379 g/mol. The highest BCUT2D eigenvalue weighted by Crippen LogP contribution is 2.17. The molecule has 0 atom stereocenters. The standard InChI is InChI=1S/C21H22ClN5/c1-23-21(25-12-10-16-8-9-20(22)26-14-16)27-15-17-5-4-6-18(13-17)19-7-2-3-11-24-19/h2-9,11,13-14H,10,12,15H2,1H3,(H2,23,25,27). The summed E-state index contributed by atoms with van der Waals surface area (Å²) in [4.78, 5) is 12.8. The summed E-state index contributed by atoms with van der Waals surface area (Å²) >= 11 is 5.81. The molecule has 3 aromatic rings. The minimum atomic E-state index is 0.511. The van der Waals surface area contributed by atoms with Crippen molar-refractivity contribution in [3.63, 3.8) is 0 Å². The van der Waals surface area contributed by atoms with E-state index in [2.05, 4.69) is 43.8 Å². The van der Waals surface area contributed by atoms with E-state index in [-0.39, 0.29) is 0 Å². The highest BCUT2D eigenvalue weighted by molar-refractivity contribution is 6.29. The zero-order valence-electron chi connectivity index (χ0n) is 15.2. The lowest BCUT2D eigenvalue weighted by Gasteiger charge is -2.12. The van der Waals surface area contributed by atoms with Crippen molar-refractivity contribution in [2.24, 2.45) is 4.99 Å². The van der Waals surface area contributed by atoms with E-state index in [9.17, 15) is 0 Å². The number of halogens is 1. The SMILES string of the molecule is CN=C(NCCc1ccc(Cl)nc1)NCc1cccc(-c2ccccn2)c1. The number of nitrogens with zero attached hydrogens (tertiary/aromatic N) is 3. The van der Waals surface area contributed by atoms with Crippen LogP contribution in [0.5, 0.6) is 0 Å². The molecule has 6 heteroatoms. The Labute approximate surface area is 164 Å². The third kappa shape index (κ3) is 5.79. The first kappa shape index (κ1) is 18.9. The zero-order chi connectivity index (χ0) is 18.9. The van der Waals surface area contributed by atoms with Crippen molar-refractivity contribution in [1.29, 1.82) is 0 Å². The van der Waals surface area contributed by atoms with Gasteiger partial charge >= 0.3 is 0 Å². The second kappa shape index (κ2) is 9.69. The third-order valence-corrected chi connectivity index (χ3v) is 4.29. The molecule has 0 bridgehead atoms. The molecule has 0 unspecified atom stereocenters. The summed E-state index contributed by atoms with van der Waals surface area (Å²) < 4.78 is 0. The molecule has 0 aliphatic carbocycles. The van der Waals surface area contributed by atoms with Gasteiger partial charge in [-0.3, -0.25) is 9.98 Å². The van der Waals surface area contributed by atoms with Gasteiger partial charge in [0.05, 0.1) is 5.69 Å². The molecule has 0 amide bonds. The van der Waals surface area contributed by atoms with Gasteiger partial charge in [0.1, 0.15) is 5.15 Å². The van der Waals surface area contributed by atoms with Gasteiger partial charge in [-0.25, -0.2) is 4.98 Å². The Kier molecular flexibility index (Phi) is 6.77.